The maximum absolute atomic E-state index is 14.4. The van der Waals surface area contributed by atoms with E-state index in [0.717, 1.165) is 16.7 Å². The molecule has 2 heterocycles. The monoisotopic (exact) mass is 785 g/mol. The van der Waals surface area contributed by atoms with Crippen LogP contribution < -0.4 is 16.4 Å². The summed E-state index contributed by atoms with van der Waals surface area (Å²) >= 11 is 0. The summed E-state index contributed by atoms with van der Waals surface area (Å²) in [7, 11) is 0. The molecule has 310 valence electrons. The molecule has 9 N–H and O–H groups in total. The van der Waals surface area contributed by atoms with Gasteiger partial charge in [-0.25, -0.2) is 0 Å². The Balaban J connectivity index is 1.49. The fraction of sp³-hybridized carbons (Fsp3) is 0.565. The Kier molecular flexibility index (Phi) is 15.1. The quantitative estimate of drug-likeness (QED) is 0.0975. The van der Waals surface area contributed by atoms with Gasteiger partial charge in [0.05, 0.1) is 30.5 Å². The van der Waals surface area contributed by atoms with Crippen molar-refractivity contribution >= 4 is 11.7 Å². The van der Waals surface area contributed by atoms with Crippen molar-refractivity contribution in [2.24, 2.45) is 23.0 Å². The van der Waals surface area contributed by atoms with E-state index in [4.69, 9.17) is 10.5 Å². The van der Waals surface area contributed by atoms with Gasteiger partial charge in [0.15, 0.2) is 5.78 Å². The van der Waals surface area contributed by atoms with Crippen LogP contribution in [0.2, 0.25) is 0 Å². The van der Waals surface area contributed by atoms with Crippen LogP contribution >= 0.6 is 0 Å². The minimum atomic E-state index is -1.29. The van der Waals surface area contributed by atoms with Crippen molar-refractivity contribution in [1.29, 1.82) is 0 Å². The van der Waals surface area contributed by atoms with E-state index < -0.39 is 47.5 Å². The van der Waals surface area contributed by atoms with E-state index in [9.17, 15) is 35.1 Å². The van der Waals surface area contributed by atoms with Crippen LogP contribution in [0.1, 0.15) is 108 Å². The Morgan fingerprint density at radius 1 is 1.23 bits per heavy atom. The second-order valence-corrected chi connectivity index (χ2v) is 16.7. The molecule has 1 amide bonds. The van der Waals surface area contributed by atoms with Gasteiger partial charge in [-0.2, -0.15) is 0 Å². The van der Waals surface area contributed by atoms with Crippen LogP contribution in [0.25, 0.3) is 0 Å². The first kappa shape index (κ1) is 44.4. The summed E-state index contributed by atoms with van der Waals surface area (Å²) in [6, 6.07) is 4.68. The van der Waals surface area contributed by atoms with E-state index in [0.29, 0.717) is 79.2 Å². The number of nitrogens with one attached hydrogen (secondary N) is 2. The molecule has 2 fully saturated rings. The first-order valence-corrected chi connectivity index (χ1v) is 20.4. The summed E-state index contributed by atoms with van der Waals surface area (Å²) in [5, 5.41) is 61.6. The number of hydrogen-bond donors (Lipinski definition) is 8. The van der Waals surface area contributed by atoms with Crippen LogP contribution in [0.5, 0.6) is 0 Å². The molecule has 0 saturated heterocycles. The molecule has 5 rings (SSSR count). The number of hydrogen-bond acceptors (Lipinski definition) is 10. The molecule has 11 nitrogen and oxygen atoms in total. The fourth-order valence-electron chi connectivity index (χ4n) is 9.58. The highest BCUT2D eigenvalue weighted by atomic mass is 16.5. The third-order valence-corrected chi connectivity index (χ3v) is 12.8. The number of allylic oxidation sites excluding steroid dienone is 5. The van der Waals surface area contributed by atoms with Gasteiger partial charge < -0.3 is 41.3 Å². The number of carbonyl (C=O) groups excluding carboxylic acids is 2. The highest BCUT2D eigenvalue weighted by Crippen LogP contribution is 2.63. The van der Waals surface area contributed by atoms with Crippen molar-refractivity contribution in [3.8, 4) is 11.8 Å². The number of rotatable bonds is 10. The molecule has 9 atom stereocenters. The molecule has 1 spiro atoms. The van der Waals surface area contributed by atoms with Gasteiger partial charge in [-0.3, -0.25) is 14.9 Å². The van der Waals surface area contributed by atoms with Gasteiger partial charge in [0.25, 0.3) is 0 Å². The molecule has 9 unspecified atom stereocenters. The van der Waals surface area contributed by atoms with E-state index >= 15 is 0 Å². The molecule has 0 aromatic heterocycles. The van der Waals surface area contributed by atoms with Crippen LogP contribution in [0.15, 0.2) is 76.9 Å². The molecule has 2 saturated carbocycles. The van der Waals surface area contributed by atoms with Gasteiger partial charge in [0.1, 0.15) is 18.8 Å². The Morgan fingerprint density at radius 3 is 2.74 bits per heavy atom. The number of Topliss-reactive ketones (excluding diaryl/α,β-unsaturated/α-hetero) is 1. The standard InChI is InChI=1S/C46H63N3O8/c1-28-11-6-7-24-57-27-33(14-8-12-29(2)38(52)18-17-28)35-20-22-46(42(35)54)37(16-10-23-50)34(19-21-45(46,5)56)31(4)39(53)25-32-13-9-15-36-40(32)41(48-26-30(3)51)44(55)49-43(36)47/h8-9,12-15,17,30,35,37-38,41-43,48,50-52,54,56H,2,10-11,16,18-27,47H2,1,3-5H3,(H,49,55). The lowest BCUT2D eigenvalue weighted by atomic mass is 9.52. The lowest BCUT2D eigenvalue weighted by Crippen LogP contribution is -2.59. The number of aliphatic hydroxyl groups is 5. The van der Waals surface area contributed by atoms with Crippen molar-refractivity contribution < 1.29 is 39.9 Å². The highest BCUT2D eigenvalue weighted by molar-refractivity contribution is 5.98. The zero-order valence-electron chi connectivity index (χ0n) is 34.0. The van der Waals surface area contributed by atoms with E-state index in [2.05, 4.69) is 29.1 Å². The largest absolute Gasteiger partial charge is 0.396 e. The number of nitrogens with two attached hydrogens (primary N) is 1. The number of amides is 1. The summed E-state index contributed by atoms with van der Waals surface area (Å²) in [6.45, 7) is 11.8. The summed E-state index contributed by atoms with van der Waals surface area (Å²) in [5.41, 5.74) is 9.88. The average Bonchev–Trinajstić information content (AvgIpc) is 3.51. The fourth-order valence-corrected chi connectivity index (χ4v) is 9.58. The van der Waals surface area contributed by atoms with E-state index in [1.54, 1.807) is 19.9 Å². The average molecular weight is 786 g/mol. The third-order valence-electron chi connectivity index (χ3n) is 12.8. The number of fused-ring (bicyclic) bond motifs is 1. The number of ketones is 1. The van der Waals surface area contributed by atoms with Gasteiger partial charge in [-0.1, -0.05) is 72.1 Å². The summed E-state index contributed by atoms with van der Waals surface area (Å²) in [4.78, 5) is 27.6. The first-order valence-electron chi connectivity index (χ1n) is 20.4. The smallest absolute Gasteiger partial charge is 0.243 e. The second-order valence-electron chi connectivity index (χ2n) is 16.7. The van der Waals surface area contributed by atoms with E-state index in [-0.39, 0.29) is 50.4 Å². The molecular formula is C46H63N3O8. The van der Waals surface area contributed by atoms with Crippen molar-refractivity contribution in [2.45, 2.75) is 122 Å². The predicted molar refractivity (Wildman–Crippen MR) is 220 cm³/mol. The van der Waals surface area contributed by atoms with Gasteiger partial charge in [0, 0.05) is 37.3 Å². The zero-order valence-corrected chi connectivity index (χ0v) is 34.0. The number of benzene rings is 1. The molecule has 11 heteroatoms. The van der Waals surface area contributed by atoms with Crippen LogP contribution in [0.3, 0.4) is 0 Å². The Morgan fingerprint density at radius 2 is 2.00 bits per heavy atom. The SMILES string of the molecule is C=C1C=CC=C(C2CCC3(C(CCCO)C(=C(C)C(=O)Cc4cccc5c4C(NCC(C)O)C(=O)NC5N)CCC3(C)O)C2O)COCC#CCC(C)=CCC1O. The number of aliphatic hydroxyl groups excluding tert-OH is 4. The number of ether oxygens (including phenoxy) is 1. The van der Waals surface area contributed by atoms with Crippen molar-refractivity contribution in [2.75, 3.05) is 26.4 Å². The van der Waals surface area contributed by atoms with Gasteiger partial charge in [-0.05, 0) is 112 Å². The van der Waals surface area contributed by atoms with Crippen molar-refractivity contribution in [3.05, 3.63) is 93.6 Å². The van der Waals surface area contributed by atoms with E-state index in [1.165, 1.54) is 0 Å². The molecule has 57 heavy (non-hydrogen) atoms. The third kappa shape index (κ3) is 9.78. The van der Waals surface area contributed by atoms with Crippen LogP contribution in [-0.2, 0) is 20.7 Å². The highest BCUT2D eigenvalue weighted by Gasteiger charge is 2.64. The molecule has 2 aliphatic heterocycles. The minimum Gasteiger partial charge on any atom is -0.396 e. The Hall–Kier alpha value is -3.70. The van der Waals surface area contributed by atoms with Crippen molar-refractivity contribution in [3.63, 3.8) is 0 Å². The lowest BCUT2D eigenvalue weighted by molar-refractivity contribution is -0.167. The van der Waals surface area contributed by atoms with Gasteiger partial charge in [0.2, 0.25) is 5.91 Å². The van der Waals surface area contributed by atoms with Crippen LogP contribution in [0, 0.1) is 29.1 Å². The Labute approximate surface area is 337 Å². The maximum Gasteiger partial charge on any atom is 0.243 e. The molecule has 4 aliphatic rings. The molecule has 2 aliphatic carbocycles. The first-order chi connectivity index (χ1) is 27.1. The van der Waals surface area contributed by atoms with E-state index in [1.807, 2.05) is 50.3 Å². The van der Waals surface area contributed by atoms with Gasteiger partial charge >= 0.3 is 0 Å². The summed E-state index contributed by atoms with van der Waals surface area (Å²) in [5.74, 6) is 4.93. The molecular weight excluding hydrogens is 723 g/mol. The maximum atomic E-state index is 14.4. The van der Waals surface area contributed by atoms with Crippen LogP contribution in [0.4, 0.5) is 0 Å². The minimum absolute atomic E-state index is 0.00171. The second kappa shape index (κ2) is 19.4. The van der Waals surface area contributed by atoms with Crippen molar-refractivity contribution in [1.82, 2.24) is 10.6 Å². The van der Waals surface area contributed by atoms with Crippen LogP contribution in [-0.4, -0.2) is 87.5 Å². The topological polar surface area (TPSA) is 195 Å². The normalized spacial score (nSPS) is 32.5. The molecule has 0 radical (unpaired) electrons. The Bertz CT molecular complexity index is 1850. The van der Waals surface area contributed by atoms with Gasteiger partial charge in [-0.15, -0.1) is 0 Å². The molecule has 1 aromatic rings. The predicted octanol–water partition coefficient (Wildman–Crippen LogP) is 4.06. The number of carbonyl (C=O) groups is 2. The summed E-state index contributed by atoms with van der Waals surface area (Å²) in [6.07, 6.45) is 7.98. The summed E-state index contributed by atoms with van der Waals surface area (Å²) < 4.78 is 6.04. The lowest BCUT2D eigenvalue weighted by Gasteiger charge is -2.55. The molecule has 1 aromatic carbocycles. The molecule has 0 bridgehead atoms. The zero-order chi connectivity index (χ0) is 41.5.